The van der Waals surface area contributed by atoms with Crippen LogP contribution < -0.4 is 10.5 Å². The molecule has 0 amide bonds. The van der Waals surface area contributed by atoms with E-state index in [2.05, 4.69) is 25.9 Å². The number of benzene rings is 1. The van der Waals surface area contributed by atoms with Gasteiger partial charge < -0.3 is 10.5 Å². The molecule has 2 N–H and O–H groups in total. The van der Waals surface area contributed by atoms with E-state index in [1.807, 2.05) is 18.2 Å². The van der Waals surface area contributed by atoms with Gasteiger partial charge in [-0.15, -0.1) is 0 Å². The minimum atomic E-state index is 0.0132. The number of nitrogens with two attached hydrogens (primary N) is 1. The highest BCUT2D eigenvalue weighted by Crippen LogP contribution is 2.40. The van der Waals surface area contributed by atoms with E-state index >= 15 is 0 Å². The molecule has 0 aliphatic heterocycles. The second-order valence-electron chi connectivity index (χ2n) is 5.37. The number of carbonyl (C=O) groups is 1. The zero-order chi connectivity index (χ0) is 15.9. The standard InChI is InChI=1S/C16H16BrN3O2/c1-8-14-11(20-16(18)19-8)6-9(7-12(14)21)15-10(17)4-3-5-13(15)22-2/h3-5,9H,6-7H2,1-2H3,(H2,18,19,20). The number of hydrogen-bond donors (Lipinski definition) is 1. The number of ketones is 1. The van der Waals surface area contributed by atoms with Crippen molar-refractivity contribution in [3.05, 3.63) is 45.2 Å². The van der Waals surface area contributed by atoms with Gasteiger partial charge in [0.05, 0.1) is 24.1 Å². The summed E-state index contributed by atoms with van der Waals surface area (Å²) in [5, 5.41) is 0. The van der Waals surface area contributed by atoms with Gasteiger partial charge in [-0.05, 0) is 25.5 Å². The molecule has 1 aromatic heterocycles. The van der Waals surface area contributed by atoms with Crippen molar-refractivity contribution < 1.29 is 9.53 Å². The predicted molar refractivity (Wildman–Crippen MR) is 87.3 cm³/mol. The highest BCUT2D eigenvalue weighted by molar-refractivity contribution is 9.10. The van der Waals surface area contributed by atoms with Crippen LogP contribution in [0, 0.1) is 6.92 Å². The van der Waals surface area contributed by atoms with Crippen LogP contribution in [0.5, 0.6) is 5.75 Å². The van der Waals surface area contributed by atoms with Gasteiger partial charge in [-0.25, -0.2) is 9.97 Å². The summed E-state index contributed by atoms with van der Waals surface area (Å²) in [6, 6.07) is 5.77. The van der Waals surface area contributed by atoms with Crippen molar-refractivity contribution >= 4 is 27.7 Å². The lowest BCUT2D eigenvalue weighted by atomic mass is 9.81. The number of aryl methyl sites for hydroxylation is 1. The Balaban J connectivity index is 2.08. The molecule has 114 valence electrons. The molecule has 5 nitrogen and oxygen atoms in total. The molecule has 0 saturated carbocycles. The third kappa shape index (κ3) is 2.47. The molecule has 1 heterocycles. The quantitative estimate of drug-likeness (QED) is 0.889. The topological polar surface area (TPSA) is 78.1 Å². The highest BCUT2D eigenvalue weighted by atomic mass is 79.9. The van der Waals surface area contributed by atoms with Crippen molar-refractivity contribution in [3.8, 4) is 5.75 Å². The normalized spacial score (nSPS) is 17.2. The zero-order valence-electron chi connectivity index (χ0n) is 12.4. The van der Waals surface area contributed by atoms with Gasteiger partial charge in [0.2, 0.25) is 5.95 Å². The van der Waals surface area contributed by atoms with E-state index in [-0.39, 0.29) is 17.6 Å². The first-order valence-corrected chi connectivity index (χ1v) is 7.79. The monoisotopic (exact) mass is 361 g/mol. The number of halogens is 1. The summed E-state index contributed by atoms with van der Waals surface area (Å²) in [7, 11) is 1.63. The van der Waals surface area contributed by atoms with Crippen molar-refractivity contribution in [2.24, 2.45) is 0 Å². The largest absolute Gasteiger partial charge is 0.496 e. The number of nitrogens with zero attached hydrogens (tertiary/aromatic N) is 2. The Morgan fingerprint density at radius 3 is 2.82 bits per heavy atom. The van der Waals surface area contributed by atoms with Gasteiger partial charge in [-0.3, -0.25) is 4.79 Å². The molecule has 22 heavy (non-hydrogen) atoms. The van der Waals surface area contributed by atoms with Gasteiger partial charge in [-0.2, -0.15) is 0 Å². The van der Waals surface area contributed by atoms with E-state index in [1.165, 1.54) is 0 Å². The van der Waals surface area contributed by atoms with Gasteiger partial charge >= 0.3 is 0 Å². The summed E-state index contributed by atoms with van der Waals surface area (Å²) in [6.45, 7) is 1.80. The number of aromatic nitrogens is 2. The Morgan fingerprint density at radius 2 is 2.09 bits per heavy atom. The summed E-state index contributed by atoms with van der Waals surface area (Å²) in [4.78, 5) is 20.9. The molecule has 0 saturated heterocycles. The van der Waals surface area contributed by atoms with Crippen LogP contribution in [-0.2, 0) is 6.42 Å². The molecule has 1 aliphatic rings. The third-order valence-electron chi connectivity index (χ3n) is 3.97. The average molecular weight is 362 g/mol. The van der Waals surface area contributed by atoms with Crippen LogP contribution in [0.2, 0.25) is 0 Å². The number of hydrogen-bond acceptors (Lipinski definition) is 5. The zero-order valence-corrected chi connectivity index (χ0v) is 14.0. The smallest absolute Gasteiger partial charge is 0.220 e. The Hall–Kier alpha value is -1.95. The number of carbonyl (C=O) groups excluding carboxylic acids is 1. The van der Waals surface area contributed by atoms with E-state index in [0.29, 0.717) is 24.1 Å². The summed E-state index contributed by atoms with van der Waals surface area (Å²) in [6.07, 6.45) is 1.06. The molecule has 1 aromatic carbocycles. The maximum Gasteiger partial charge on any atom is 0.220 e. The molecule has 0 radical (unpaired) electrons. The van der Waals surface area contributed by atoms with Crippen LogP contribution in [-0.4, -0.2) is 22.9 Å². The first kappa shape index (κ1) is 15.0. The van der Waals surface area contributed by atoms with Crippen LogP contribution in [0.1, 0.15) is 39.6 Å². The fourth-order valence-electron chi connectivity index (χ4n) is 3.09. The molecule has 6 heteroatoms. The predicted octanol–water partition coefficient (Wildman–Crippen LogP) is 3.05. The number of nitrogen functional groups attached to an aromatic ring is 1. The lowest BCUT2D eigenvalue weighted by molar-refractivity contribution is 0.0961. The summed E-state index contributed by atoms with van der Waals surface area (Å²) >= 11 is 3.56. The number of methoxy groups -OCH3 is 1. The van der Waals surface area contributed by atoms with Gasteiger partial charge in [0, 0.05) is 22.4 Å². The SMILES string of the molecule is COc1cccc(Br)c1C1CC(=O)c2c(C)nc(N)nc2C1. The fourth-order valence-corrected chi connectivity index (χ4v) is 3.76. The van der Waals surface area contributed by atoms with Crippen molar-refractivity contribution in [3.63, 3.8) is 0 Å². The molecule has 2 aromatic rings. The van der Waals surface area contributed by atoms with Crippen LogP contribution >= 0.6 is 15.9 Å². The Kier molecular flexibility index (Phi) is 3.87. The Bertz CT molecular complexity index is 761. The van der Waals surface area contributed by atoms with E-state index in [0.717, 1.165) is 21.5 Å². The van der Waals surface area contributed by atoms with Gasteiger partial charge in [0.25, 0.3) is 0 Å². The lowest BCUT2D eigenvalue weighted by Crippen LogP contribution is -2.23. The minimum absolute atomic E-state index is 0.0132. The molecule has 0 spiro atoms. The molecule has 3 rings (SSSR count). The molecule has 0 fully saturated rings. The van der Waals surface area contributed by atoms with Gasteiger partial charge in [0.1, 0.15) is 5.75 Å². The third-order valence-corrected chi connectivity index (χ3v) is 4.67. The van der Waals surface area contributed by atoms with Crippen molar-refractivity contribution in [2.45, 2.75) is 25.7 Å². The van der Waals surface area contributed by atoms with E-state index in [1.54, 1.807) is 14.0 Å². The van der Waals surface area contributed by atoms with Crippen LogP contribution in [0.15, 0.2) is 22.7 Å². The van der Waals surface area contributed by atoms with Crippen LogP contribution in [0.4, 0.5) is 5.95 Å². The first-order chi connectivity index (χ1) is 10.5. The van der Waals surface area contributed by atoms with Gasteiger partial charge in [0.15, 0.2) is 5.78 Å². The summed E-state index contributed by atoms with van der Waals surface area (Å²) in [5.74, 6) is 1.05. The molecular weight excluding hydrogens is 346 g/mol. The molecule has 1 unspecified atom stereocenters. The lowest BCUT2D eigenvalue weighted by Gasteiger charge is -2.26. The maximum atomic E-state index is 12.5. The number of rotatable bonds is 2. The second kappa shape index (κ2) is 5.68. The van der Waals surface area contributed by atoms with Crippen molar-refractivity contribution in [1.82, 2.24) is 9.97 Å². The van der Waals surface area contributed by atoms with Crippen molar-refractivity contribution in [1.29, 1.82) is 0 Å². The minimum Gasteiger partial charge on any atom is -0.496 e. The van der Waals surface area contributed by atoms with Crippen molar-refractivity contribution in [2.75, 3.05) is 12.8 Å². The summed E-state index contributed by atoms with van der Waals surface area (Å²) in [5.41, 5.74) is 8.73. The maximum absolute atomic E-state index is 12.5. The Morgan fingerprint density at radius 1 is 1.32 bits per heavy atom. The molecule has 1 aliphatic carbocycles. The fraction of sp³-hybridized carbons (Fsp3) is 0.312. The summed E-state index contributed by atoms with van der Waals surface area (Å²) < 4.78 is 6.39. The van der Waals surface area contributed by atoms with E-state index in [4.69, 9.17) is 10.5 Å². The number of fused-ring (bicyclic) bond motifs is 1. The number of anilines is 1. The molecular formula is C16H16BrN3O2. The van der Waals surface area contributed by atoms with E-state index in [9.17, 15) is 4.79 Å². The van der Waals surface area contributed by atoms with Crippen LogP contribution in [0.3, 0.4) is 0 Å². The van der Waals surface area contributed by atoms with E-state index < -0.39 is 0 Å². The first-order valence-electron chi connectivity index (χ1n) is 6.99. The van der Waals surface area contributed by atoms with Gasteiger partial charge in [-0.1, -0.05) is 22.0 Å². The number of Topliss-reactive ketones (excluding diaryl/α,β-unsaturated/α-hetero) is 1. The molecule has 0 bridgehead atoms. The number of ether oxygens (including phenoxy) is 1. The van der Waals surface area contributed by atoms with Crippen LogP contribution in [0.25, 0.3) is 0 Å². The molecule has 1 atom stereocenters. The Labute approximate surface area is 137 Å². The second-order valence-corrected chi connectivity index (χ2v) is 6.23. The highest BCUT2D eigenvalue weighted by Gasteiger charge is 2.32. The average Bonchev–Trinajstić information content (AvgIpc) is 2.45.